The van der Waals surface area contributed by atoms with Crippen LogP contribution in [0, 0.1) is 30.5 Å². The van der Waals surface area contributed by atoms with Crippen molar-refractivity contribution in [3.63, 3.8) is 0 Å². The predicted octanol–water partition coefficient (Wildman–Crippen LogP) is 8.32. The summed E-state index contributed by atoms with van der Waals surface area (Å²) in [7, 11) is -5.51. The van der Waals surface area contributed by atoms with Crippen LogP contribution in [-0.2, 0) is 59.1 Å². The second-order valence-corrected chi connectivity index (χ2v) is 25.5. The predicted molar refractivity (Wildman–Crippen MR) is 293 cm³/mol. The first-order valence-electron chi connectivity index (χ1n) is 24.8. The van der Waals surface area contributed by atoms with Gasteiger partial charge in [0.1, 0.15) is 29.2 Å². The second kappa shape index (κ2) is 27.0. The number of carboxylic acid groups (broad SMARTS) is 1. The summed E-state index contributed by atoms with van der Waals surface area (Å²) in [5, 5.41) is 11.8. The lowest BCUT2D eigenvalue weighted by Crippen LogP contribution is -2.43. The summed E-state index contributed by atoms with van der Waals surface area (Å²) < 4.78 is 109. The number of ether oxygens (including phenoxy) is 2. The normalized spacial score (nSPS) is 16.1. The van der Waals surface area contributed by atoms with E-state index < -0.39 is 57.5 Å². The zero-order valence-electron chi connectivity index (χ0n) is 45.2. The van der Waals surface area contributed by atoms with Crippen LogP contribution in [0.3, 0.4) is 0 Å². The number of terminal acetylenes is 1. The number of sulfone groups is 1. The highest BCUT2D eigenvalue weighted by Crippen LogP contribution is 2.43. The zero-order chi connectivity index (χ0) is 59.7. The number of fused-ring (bicyclic) bond motifs is 2. The number of aliphatic carboxylic acids is 1. The van der Waals surface area contributed by atoms with E-state index in [1.807, 2.05) is 30.5 Å². The van der Waals surface area contributed by atoms with Gasteiger partial charge in [-0.1, -0.05) is 50.0 Å². The molecule has 27 heteroatoms. The fourth-order valence-corrected chi connectivity index (χ4v) is 11.0. The SMILES string of the molecule is C#CCN1C(=O)COc2cc(F)c(N=c3snc4n3CC(C)(C)C4)cc21.CCc1cccc(C)c1N(C(=O)CCl)C(C)COC.CP(=O)(O)CCC(N)C(=O)O.CS(=O)(=O)c1cc(C(F)(F)F)ccc1C(=O)c1cnoc1C1CC1. The average molecular weight is 1200 g/mol. The lowest BCUT2D eigenvalue weighted by atomic mass is 9.92. The van der Waals surface area contributed by atoms with Gasteiger partial charge < -0.3 is 39.2 Å². The lowest BCUT2D eigenvalue weighted by Gasteiger charge is -2.31. The number of halogens is 5. The lowest BCUT2D eigenvalue weighted by molar-refractivity contribution is -0.139. The third-order valence-electron chi connectivity index (χ3n) is 12.5. The number of benzene rings is 3. The molecule has 4 N–H and O–H groups in total. The number of methoxy groups -OCH3 is 1. The van der Waals surface area contributed by atoms with Gasteiger partial charge in [0.25, 0.3) is 5.91 Å². The summed E-state index contributed by atoms with van der Waals surface area (Å²) in [4.78, 5) is 63.4. The van der Waals surface area contributed by atoms with Gasteiger partial charge in [-0.15, -0.1) is 18.0 Å². The molecule has 5 aromatic rings. The number of nitrogens with two attached hydrogens (primary N) is 1. The Labute approximate surface area is 469 Å². The monoisotopic (exact) mass is 1200 g/mol. The summed E-state index contributed by atoms with van der Waals surface area (Å²) >= 11 is 7.00. The number of alkyl halides is 4. The molecule has 19 nitrogen and oxygen atoms in total. The fourth-order valence-electron chi connectivity index (χ4n) is 8.47. The highest BCUT2D eigenvalue weighted by atomic mass is 35.5. The van der Waals surface area contributed by atoms with Crippen LogP contribution >= 0.6 is 30.5 Å². The molecule has 0 radical (unpaired) electrons. The van der Waals surface area contributed by atoms with E-state index in [1.54, 1.807) is 12.0 Å². The Kier molecular flexibility index (Phi) is 21.8. The second-order valence-electron chi connectivity index (χ2n) is 20.0. The van der Waals surface area contributed by atoms with Crippen molar-refractivity contribution >= 4 is 81.0 Å². The van der Waals surface area contributed by atoms with Crippen LogP contribution in [0.25, 0.3) is 0 Å². The van der Waals surface area contributed by atoms with Crippen molar-refractivity contribution in [3.8, 4) is 18.1 Å². The summed E-state index contributed by atoms with van der Waals surface area (Å²) in [6, 6.07) is 9.81. The van der Waals surface area contributed by atoms with Gasteiger partial charge in [-0.2, -0.15) is 17.5 Å². The van der Waals surface area contributed by atoms with E-state index in [9.17, 15) is 49.7 Å². The molecule has 80 heavy (non-hydrogen) atoms. The molecule has 3 aromatic carbocycles. The maximum Gasteiger partial charge on any atom is 0.416 e. The Morgan fingerprint density at radius 3 is 2.42 bits per heavy atom. The van der Waals surface area contributed by atoms with Crippen molar-refractivity contribution in [2.45, 2.75) is 102 Å². The number of carboxylic acids is 1. The van der Waals surface area contributed by atoms with Crippen LogP contribution in [0.1, 0.15) is 97.1 Å². The number of carbonyl (C=O) groups is 4. The van der Waals surface area contributed by atoms with Gasteiger partial charge in [0.2, 0.25) is 10.7 Å². The molecule has 0 bridgehead atoms. The Bertz CT molecular complexity index is 3370. The third-order valence-corrected chi connectivity index (χ3v) is 15.8. The standard InChI is InChI=1S/C18H17FN4O2S.C15H22ClNO2.C15H12F3NO4S.C5H12NO4P/c1-4-5-22-13-7-12(11(19)6-14(13)25-9-16(22)24)20-17-23-10-18(2,3)8-15(23)21-26-17;1-5-13-8-6-7-11(2)15(13)17(14(18)9-16)12(3)10-19-4;1-24(21,22)12-6-9(15(16,17)18)4-5-10(12)13(20)11-7-19-23-14(11)8-2-3-8;1-11(9,10)3-2-4(6)5(7)8/h1,6-7H,5,8-10H2,2-3H3;6-8,12H,5,9-10H2,1-4H3;4-8H,2-3H2,1H3;4H,2-3,6H2,1H3,(H,7,8)(H,9,10). The van der Waals surface area contributed by atoms with E-state index in [1.165, 1.54) is 41.4 Å². The molecule has 3 atom stereocenters. The molecule has 2 amide bonds. The minimum absolute atomic E-state index is 0.0223. The molecule has 8 rings (SSSR count). The quantitative estimate of drug-likeness (QED) is 0.0276. The number of amides is 2. The number of anilines is 2. The van der Waals surface area contributed by atoms with E-state index >= 15 is 0 Å². The number of aryl methyl sites for hydroxylation is 2. The van der Waals surface area contributed by atoms with Crippen LogP contribution in [0.5, 0.6) is 5.75 Å². The van der Waals surface area contributed by atoms with Crippen LogP contribution in [0.2, 0.25) is 0 Å². The molecule has 434 valence electrons. The van der Waals surface area contributed by atoms with Crippen LogP contribution in [0.15, 0.2) is 69.1 Å². The fraction of sp³-hybridized carbons (Fsp3) is 0.453. The smallest absolute Gasteiger partial charge is 0.416 e. The van der Waals surface area contributed by atoms with E-state index in [4.69, 9.17) is 47.8 Å². The molecular formula is C53H63ClF4N7O12PS2. The van der Waals surface area contributed by atoms with Crippen molar-refractivity contribution < 1.29 is 73.7 Å². The van der Waals surface area contributed by atoms with E-state index in [0.717, 1.165) is 67.2 Å². The van der Waals surface area contributed by atoms with E-state index in [0.29, 0.717) is 40.7 Å². The summed E-state index contributed by atoms with van der Waals surface area (Å²) in [5.74, 6) is 1.35. The molecular weight excluding hydrogens is 1130 g/mol. The summed E-state index contributed by atoms with van der Waals surface area (Å²) in [6.45, 7) is 12.8. The first-order valence-corrected chi connectivity index (χ1v) is 30.3. The van der Waals surface area contributed by atoms with Gasteiger partial charge in [0.05, 0.1) is 52.8 Å². The molecule has 4 heterocycles. The highest BCUT2D eigenvalue weighted by Gasteiger charge is 2.37. The zero-order valence-corrected chi connectivity index (χ0v) is 48.5. The Morgan fingerprint density at radius 2 is 1.85 bits per heavy atom. The first-order chi connectivity index (χ1) is 37.4. The maximum atomic E-state index is 14.5. The molecule has 1 fully saturated rings. The maximum absolute atomic E-state index is 14.5. The Hall–Kier alpha value is -6.26. The van der Waals surface area contributed by atoms with Crippen molar-refractivity contribution in [1.29, 1.82) is 0 Å². The van der Waals surface area contributed by atoms with Crippen molar-refractivity contribution in [3.05, 3.63) is 105 Å². The number of ketones is 1. The van der Waals surface area contributed by atoms with Gasteiger partial charge in [-0.25, -0.2) is 17.8 Å². The number of hydrogen-bond donors (Lipinski definition) is 3. The molecule has 2 aliphatic heterocycles. The number of rotatable bonds is 16. The molecule has 3 unspecified atom stereocenters. The van der Waals surface area contributed by atoms with Crippen LogP contribution in [-0.4, -0.2) is 120 Å². The minimum atomic E-state index is -4.71. The van der Waals surface area contributed by atoms with Crippen molar-refractivity contribution in [2.24, 2.45) is 16.1 Å². The molecule has 3 aliphatic rings. The average Bonchev–Trinajstić information content (AvgIpc) is 3.87. The van der Waals surface area contributed by atoms with Gasteiger partial charge in [-0.3, -0.25) is 28.6 Å². The van der Waals surface area contributed by atoms with Gasteiger partial charge in [0.15, 0.2) is 41.2 Å². The van der Waals surface area contributed by atoms with Gasteiger partial charge >= 0.3 is 12.1 Å². The number of nitrogens with zero attached hydrogens (tertiary/aromatic N) is 6. The Morgan fingerprint density at radius 1 is 1.16 bits per heavy atom. The molecule has 0 saturated heterocycles. The topological polar surface area (TPSA) is 267 Å². The van der Waals surface area contributed by atoms with Crippen molar-refractivity contribution in [2.75, 3.05) is 61.6 Å². The van der Waals surface area contributed by atoms with Gasteiger partial charge in [-0.05, 0) is 80.3 Å². The molecule has 0 spiro atoms. The number of hydrogen-bond acceptors (Lipinski definition) is 15. The number of para-hydroxylation sites is 1. The minimum Gasteiger partial charge on any atom is -0.481 e. The first kappa shape index (κ1) is 64.6. The van der Waals surface area contributed by atoms with E-state index in [2.05, 4.69) is 47.3 Å². The Balaban J connectivity index is 0.000000204. The van der Waals surface area contributed by atoms with Gasteiger partial charge in [0, 0.05) is 68.2 Å². The van der Waals surface area contributed by atoms with Crippen LogP contribution < -0.4 is 25.1 Å². The molecule has 1 aliphatic carbocycles. The molecule has 2 aromatic heterocycles. The molecule has 1 saturated carbocycles. The largest absolute Gasteiger partial charge is 0.481 e. The van der Waals surface area contributed by atoms with E-state index in [-0.39, 0.29) is 77.6 Å². The number of aromatic nitrogens is 3. The van der Waals surface area contributed by atoms with Crippen LogP contribution in [0.4, 0.5) is 34.6 Å². The summed E-state index contributed by atoms with van der Waals surface area (Å²) in [6.07, 6.45) is 5.95. The summed E-state index contributed by atoms with van der Waals surface area (Å²) in [5.41, 5.74) is 7.61. The highest BCUT2D eigenvalue weighted by molar-refractivity contribution is 7.90. The third kappa shape index (κ3) is 16.9. The van der Waals surface area contributed by atoms with Crippen molar-refractivity contribution in [1.82, 2.24) is 14.1 Å². The number of carbonyl (C=O) groups excluding carboxylic acids is 3.